The number of benzene rings is 1. The normalized spacial score (nSPS) is 16.4. The standard InChI is InChI=1S/C19H31N3O3S/c1-22(2)14-8-13-20-19(23)16-9-7-12-18(15-16)26(24,25)21-17-10-5-3-4-6-11-17/h7,9,12,15,17,21H,3-6,8,10-11,13-14H2,1-2H3,(H,20,23). The summed E-state index contributed by atoms with van der Waals surface area (Å²) in [6.07, 6.45) is 7.06. The van der Waals surface area contributed by atoms with Crippen LogP contribution in [-0.4, -0.2) is 52.5 Å². The second-order valence-electron chi connectivity index (χ2n) is 7.25. The summed E-state index contributed by atoms with van der Waals surface area (Å²) < 4.78 is 28.2. The van der Waals surface area contributed by atoms with Gasteiger partial charge in [-0.2, -0.15) is 0 Å². The first kappa shape index (κ1) is 20.9. The van der Waals surface area contributed by atoms with Crippen LogP contribution in [0.3, 0.4) is 0 Å². The quantitative estimate of drug-likeness (QED) is 0.535. The van der Waals surface area contributed by atoms with Gasteiger partial charge in [0, 0.05) is 18.2 Å². The Kier molecular flexibility index (Phi) is 8.06. The molecule has 1 aliphatic rings. The third-order valence-corrected chi connectivity index (χ3v) is 6.17. The fourth-order valence-electron chi connectivity index (χ4n) is 3.19. The molecule has 146 valence electrons. The Morgan fingerprint density at radius 2 is 1.85 bits per heavy atom. The van der Waals surface area contributed by atoms with E-state index in [0.29, 0.717) is 12.1 Å². The first-order valence-corrected chi connectivity index (χ1v) is 10.9. The average molecular weight is 382 g/mol. The predicted molar refractivity (Wildman–Crippen MR) is 104 cm³/mol. The van der Waals surface area contributed by atoms with Crippen molar-refractivity contribution in [1.29, 1.82) is 0 Å². The van der Waals surface area contributed by atoms with Crippen LogP contribution in [0.4, 0.5) is 0 Å². The Bertz CT molecular complexity index is 681. The summed E-state index contributed by atoms with van der Waals surface area (Å²) >= 11 is 0. The zero-order chi connectivity index (χ0) is 19.0. The van der Waals surface area contributed by atoms with Gasteiger partial charge in [0.1, 0.15) is 0 Å². The monoisotopic (exact) mass is 381 g/mol. The van der Waals surface area contributed by atoms with Gasteiger partial charge < -0.3 is 10.2 Å². The third kappa shape index (κ3) is 6.70. The molecule has 0 heterocycles. The van der Waals surface area contributed by atoms with E-state index < -0.39 is 10.0 Å². The number of carbonyl (C=O) groups excluding carboxylic acids is 1. The van der Waals surface area contributed by atoms with Gasteiger partial charge in [-0.05, 0) is 58.1 Å². The summed E-state index contributed by atoms with van der Waals surface area (Å²) in [4.78, 5) is 14.5. The molecular formula is C19H31N3O3S. The number of rotatable bonds is 8. The van der Waals surface area contributed by atoms with E-state index in [9.17, 15) is 13.2 Å². The van der Waals surface area contributed by atoms with Crippen molar-refractivity contribution in [3.05, 3.63) is 29.8 Å². The SMILES string of the molecule is CN(C)CCCNC(=O)c1cccc(S(=O)(=O)NC2CCCCCC2)c1. The predicted octanol–water partition coefficient (Wildman–Crippen LogP) is 2.37. The van der Waals surface area contributed by atoms with Crippen molar-refractivity contribution in [1.82, 2.24) is 14.9 Å². The zero-order valence-corrected chi connectivity index (χ0v) is 16.6. The van der Waals surface area contributed by atoms with Gasteiger partial charge in [-0.15, -0.1) is 0 Å². The average Bonchev–Trinajstić information content (AvgIpc) is 2.86. The Hall–Kier alpha value is -1.44. The van der Waals surface area contributed by atoms with Crippen molar-refractivity contribution in [3.63, 3.8) is 0 Å². The summed E-state index contributed by atoms with van der Waals surface area (Å²) in [5, 5.41) is 2.84. The van der Waals surface area contributed by atoms with E-state index in [1.165, 1.54) is 18.9 Å². The topological polar surface area (TPSA) is 78.5 Å². The Morgan fingerprint density at radius 3 is 2.50 bits per heavy atom. The van der Waals surface area contributed by atoms with Crippen LogP contribution in [0.15, 0.2) is 29.2 Å². The first-order valence-electron chi connectivity index (χ1n) is 9.44. The molecule has 0 spiro atoms. The maximum Gasteiger partial charge on any atom is 0.251 e. The van der Waals surface area contributed by atoms with Crippen LogP contribution >= 0.6 is 0 Å². The maximum absolute atomic E-state index is 12.7. The van der Waals surface area contributed by atoms with Crippen LogP contribution in [0.25, 0.3) is 0 Å². The molecule has 1 fully saturated rings. The largest absolute Gasteiger partial charge is 0.352 e. The van der Waals surface area contributed by atoms with Gasteiger partial charge in [-0.1, -0.05) is 31.7 Å². The highest BCUT2D eigenvalue weighted by atomic mass is 32.2. The van der Waals surface area contributed by atoms with E-state index >= 15 is 0 Å². The van der Waals surface area contributed by atoms with Crippen LogP contribution < -0.4 is 10.0 Å². The minimum atomic E-state index is -3.61. The molecule has 0 atom stereocenters. The Balaban J connectivity index is 1.98. The number of hydrogen-bond acceptors (Lipinski definition) is 4. The molecule has 0 unspecified atom stereocenters. The van der Waals surface area contributed by atoms with E-state index in [-0.39, 0.29) is 16.8 Å². The second-order valence-corrected chi connectivity index (χ2v) is 8.96. The molecule has 6 nitrogen and oxygen atoms in total. The smallest absolute Gasteiger partial charge is 0.251 e. The molecule has 26 heavy (non-hydrogen) atoms. The van der Waals surface area contributed by atoms with Crippen LogP contribution in [0.2, 0.25) is 0 Å². The fraction of sp³-hybridized carbons (Fsp3) is 0.632. The van der Waals surface area contributed by atoms with Crippen molar-refractivity contribution in [2.75, 3.05) is 27.2 Å². The molecule has 1 aromatic carbocycles. The number of hydrogen-bond donors (Lipinski definition) is 2. The number of nitrogens with one attached hydrogen (secondary N) is 2. The van der Waals surface area contributed by atoms with Crippen molar-refractivity contribution in [2.24, 2.45) is 0 Å². The third-order valence-electron chi connectivity index (χ3n) is 4.65. The number of sulfonamides is 1. The molecule has 1 aliphatic carbocycles. The summed E-state index contributed by atoms with van der Waals surface area (Å²) in [6, 6.07) is 6.26. The molecule has 2 rings (SSSR count). The number of amides is 1. The van der Waals surface area contributed by atoms with Gasteiger partial charge >= 0.3 is 0 Å². The lowest BCUT2D eigenvalue weighted by atomic mass is 10.1. The van der Waals surface area contributed by atoms with E-state index in [4.69, 9.17) is 0 Å². The first-order chi connectivity index (χ1) is 12.4. The molecule has 7 heteroatoms. The summed E-state index contributed by atoms with van der Waals surface area (Å²) in [5.41, 5.74) is 0.374. The molecule has 1 aromatic rings. The van der Waals surface area contributed by atoms with Gasteiger partial charge in [-0.3, -0.25) is 4.79 Å². The molecule has 1 saturated carbocycles. The highest BCUT2D eigenvalue weighted by Crippen LogP contribution is 2.20. The number of carbonyl (C=O) groups is 1. The molecule has 0 saturated heterocycles. The van der Waals surface area contributed by atoms with Crippen LogP contribution in [-0.2, 0) is 10.0 Å². The van der Waals surface area contributed by atoms with E-state index in [1.54, 1.807) is 18.2 Å². The van der Waals surface area contributed by atoms with Crippen LogP contribution in [0, 0.1) is 0 Å². The van der Waals surface area contributed by atoms with E-state index in [0.717, 1.165) is 38.6 Å². The van der Waals surface area contributed by atoms with E-state index in [2.05, 4.69) is 14.9 Å². The lowest BCUT2D eigenvalue weighted by molar-refractivity contribution is 0.0952. The van der Waals surface area contributed by atoms with Gasteiger partial charge in [0.05, 0.1) is 4.90 Å². The molecule has 0 radical (unpaired) electrons. The van der Waals surface area contributed by atoms with Gasteiger partial charge in [0.25, 0.3) is 5.91 Å². The van der Waals surface area contributed by atoms with Crippen molar-refractivity contribution < 1.29 is 13.2 Å². The van der Waals surface area contributed by atoms with Gasteiger partial charge in [0.2, 0.25) is 10.0 Å². The minimum Gasteiger partial charge on any atom is -0.352 e. The summed E-state index contributed by atoms with van der Waals surface area (Å²) in [5.74, 6) is -0.240. The van der Waals surface area contributed by atoms with Crippen molar-refractivity contribution >= 4 is 15.9 Å². The van der Waals surface area contributed by atoms with Crippen LogP contribution in [0.5, 0.6) is 0 Å². The lowest BCUT2D eigenvalue weighted by Gasteiger charge is -2.16. The Morgan fingerprint density at radius 1 is 1.15 bits per heavy atom. The lowest BCUT2D eigenvalue weighted by Crippen LogP contribution is -2.34. The zero-order valence-electron chi connectivity index (χ0n) is 15.8. The van der Waals surface area contributed by atoms with Gasteiger partial charge in [0.15, 0.2) is 0 Å². The molecule has 0 aliphatic heterocycles. The van der Waals surface area contributed by atoms with E-state index in [1.807, 2.05) is 14.1 Å². The highest BCUT2D eigenvalue weighted by molar-refractivity contribution is 7.89. The molecule has 0 bridgehead atoms. The highest BCUT2D eigenvalue weighted by Gasteiger charge is 2.22. The van der Waals surface area contributed by atoms with Crippen molar-refractivity contribution in [3.8, 4) is 0 Å². The Labute approximate surface area is 157 Å². The maximum atomic E-state index is 12.7. The summed E-state index contributed by atoms with van der Waals surface area (Å²) in [6.45, 7) is 1.45. The summed E-state index contributed by atoms with van der Waals surface area (Å²) in [7, 11) is 0.362. The second kappa shape index (κ2) is 10.0. The molecular weight excluding hydrogens is 350 g/mol. The molecule has 0 aromatic heterocycles. The minimum absolute atomic E-state index is 0.00832. The van der Waals surface area contributed by atoms with Gasteiger partial charge in [-0.25, -0.2) is 13.1 Å². The molecule has 2 N–H and O–H groups in total. The molecule has 1 amide bonds. The number of nitrogens with zero attached hydrogens (tertiary/aromatic N) is 1. The van der Waals surface area contributed by atoms with Crippen LogP contribution in [0.1, 0.15) is 55.3 Å². The van der Waals surface area contributed by atoms with Crippen molar-refractivity contribution in [2.45, 2.75) is 55.9 Å². The fourth-order valence-corrected chi connectivity index (χ4v) is 4.54.